The van der Waals surface area contributed by atoms with E-state index in [-0.39, 0.29) is 11.6 Å². The summed E-state index contributed by atoms with van der Waals surface area (Å²) in [5, 5.41) is 13.7. The van der Waals surface area contributed by atoms with E-state index in [9.17, 15) is 4.79 Å². The number of aromatic nitrogens is 5. The number of likely N-dealkylation sites (tertiary alicyclic amines) is 1. The molecule has 5 rings (SSSR count). The highest BCUT2D eigenvalue weighted by atomic mass is 16.1. The predicted octanol–water partition coefficient (Wildman–Crippen LogP) is 3.31. The summed E-state index contributed by atoms with van der Waals surface area (Å²) in [6.07, 6.45) is 3.18. The summed E-state index contributed by atoms with van der Waals surface area (Å²) in [7, 11) is 0. The molecule has 1 N–H and O–H groups in total. The Morgan fingerprint density at radius 1 is 1.03 bits per heavy atom. The minimum absolute atomic E-state index is 0.0806. The van der Waals surface area contributed by atoms with E-state index in [1.807, 2.05) is 35.0 Å². The van der Waals surface area contributed by atoms with Crippen molar-refractivity contribution in [1.29, 1.82) is 0 Å². The smallest absolute Gasteiger partial charge is 0.253 e. The lowest BCUT2D eigenvalue weighted by Gasteiger charge is -2.26. The molecule has 1 saturated heterocycles. The summed E-state index contributed by atoms with van der Waals surface area (Å²) >= 11 is 0. The van der Waals surface area contributed by atoms with Gasteiger partial charge in [0.15, 0.2) is 5.82 Å². The van der Waals surface area contributed by atoms with Crippen LogP contribution >= 0.6 is 0 Å². The van der Waals surface area contributed by atoms with E-state index < -0.39 is 0 Å². The van der Waals surface area contributed by atoms with Crippen LogP contribution in [-0.2, 0) is 13.0 Å². The largest absolute Gasteiger partial charge is 0.322 e. The average Bonchev–Trinajstić information content (AvgIpc) is 3.48. The molecule has 0 unspecified atom stereocenters. The minimum atomic E-state index is -0.278. The Hall–Kier alpha value is -3.32. The van der Waals surface area contributed by atoms with Crippen LogP contribution in [0.4, 0.5) is 0 Å². The summed E-state index contributed by atoms with van der Waals surface area (Å²) in [5.41, 5.74) is 3.85. The van der Waals surface area contributed by atoms with Gasteiger partial charge in [-0.15, -0.1) is 5.10 Å². The first-order valence-electron chi connectivity index (χ1n) is 10.9. The highest BCUT2D eigenvalue weighted by molar-refractivity contribution is 5.80. The van der Waals surface area contributed by atoms with Crippen LogP contribution in [0.1, 0.15) is 48.3 Å². The fraction of sp³-hybridized carbons (Fsp3) is 0.333. The van der Waals surface area contributed by atoms with Crippen LogP contribution in [-0.4, -0.2) is 43.2 Å². The van der Waals surface area contributed by atoms with E-state index in [0.29, 0.717) is 17.9 Å². The van der Waals surface area contributed by atoms with Gasteiger partial charge >= 0.3 is 0 Å². The fourth-order valence-corrected chi connectivity index (χ4v) is 4.47. The quantitative estimate of drug-likeness (QED) is 0.524. The van der Waals surface area contributed by atoms with Gasteiger partial charge < -0.3 is 4.98 Å². The van der Waals surface area contributed by atoms with Crippen molar-refractivity contribution in [2.24, 2.45) is 0 Å². The Balaban J connectivity index is 1.62. The maximum Gasteiger partial charge on any atom is 0.253 e. The SMILES string of the molecule is CCc1ccc2[nH]c(=O)c([C@H](c3nnnn3Cc3ccccc3)N3CCCC3)cc2c1. The molecule has 7 nitrogen and oxygen atoms in total. The maximum absolute atomic E-state index is 13.2. The molecule has 0 amide bonds. The van der Waals surface area contributed by atoms with Gasteiger partial charge in [-0.25, -0.2) is 4.68 Å². The second-order valence-corrected chi connectivity index (χ2v) is 8.15. The number of hydrogen-bond acceptors (Lipinski definition) is 5. The van der Waals surface area contributed by atoms with Crippen LogP contribution in [0.15, 0.2) is 59.4 Å². The van der Waals surface area contributed by atoms with Gasteiger partial charge in [0.2, 0.25) is 0 Å². The zero-order valence-corrected chi connectivity index (χ0v) is 17.7. The molecule has 7 heteroatoms. The van der Waals surface area contributed by atoms with E-state index in [2.05, 4.69) is 56.6 Å². The maximum atomic E-state index is 13.2. The van der Waals surface area contributed by atoms with E-state index in [1.165, 1.54) is 5.56 Å². The number of pyridine rings is 1. The van der Waals surface area contributed by atoms with E-state index in [1.54, 1.807) is 0 Å². The van der Waals surface area contributed by atoms with Crippen molar-refractivity contribution in [2.45, 2.75) is 38.8 Å². The van der Waals surface area contributed by atoms with E-state index >= 15 is 0 Å². The Bertz CT molecular complexity index is 1240. The highest BCUT2D eigenvalue weighted by Crippen LogP contribution is 2.30. The van der Waals surface area contributed by atoms with Crippen molar-refractivity contribution in [3.05, 3.63) is 87.5 Å². The molecule has 0 aliphatic carbocycles. The Morgan fingerprint density at radius 2 is 1.84 bits per heavy atom. The van der Waals surface area contributed by atoms with Gasteiger partial charge in [0.25, 0.3) is 5.56 Å². The van der Waals surface area contributed by atoms with Crippen molar-refractivity contribution in [1.82, 2.24) is 30.1 Å². The molecular formula is C24H26N6O. The van der Waals surface area contributed by atoms with Gasteiger partial charge in [0.1, 0.15) is 6.04 Å². The topological polar surface area (TPSA) is 79.7 Å². The number of aromatic amines is 1. The van der Waals surface area contributed by atoms with E-state index in [0.717, 1.165) is 48.8 Å². The molecule has 4 aromatic rings. The molecule has 0 radical (unpaired) electrons. The number of aryl methyl sites for hydroxylation is 1. The van der Waals surface area contributed by atoms with E-state index in [4.69, 9.17) is 0 Å². The molecule has 1 aliphatic heterocycles. The first-order chi connectivity index (χ1) is 15.2. The lowest BCUT2D eigenvalue weighted by molar-refractivity contribution is 0.263. The molecule has 1 atom stereocenters. The zero-order chi connectivity index (χ0) is 21.2. The van der Waals surface area contributed by atoms with Gasteiger partial charge in [0, 0.05) is 11.1 Å². The molecule has 3 heterocycles. The number of tetrazole rings is 1. The summed E-state index contributed by atoms with van der Waals surface area (Å²) in [4.78, 5) is 18.6. The van der Waals surface area contributed by atoms with Crippen LogP contribution in [0, 0.1) is 0 Å². The minimum Gasteiger partial charge on any atom is -0.322 e. The van der Waals surface area contributed by atoms with Crippen molar-refractivity contribution >= 4 is 10.9 Å². The van der Waals surface area contributed by atoms with Gasteiger partial charge in [-0.1, -0.05) is 43.3 Å². The Kier molecular flexibility index (Phi) is 5.34. The molecule has 0 bridgehead atoms. The molecule has 158 valence electrons. The van der Waals surface area contributed by atoms with Gasteiger partial charge in [0.05, 0.1) is 6.54 Å². The number of nitrogens with one attached hydrogen (secondary N) is 1. The van der Waals surface area contributed by atoms with Crippen molar-refractivity contribution in [3.63, 3.8) is 0 Å². The third kappa shape index (κ3) is 3.88. The summed E-state index contributed by atoms with van der Waals surface area (Å²) < 4.78 is 1.82. The second kappa shape index (κ2) is 8.43. The Labute approximate surface area is 180 Å². The van der Waals surface area contributed by atoms with Crippen LogP contribution in [0.25, 0.3) is 10.9 Å². The molecule has 1 fully saturated rings. The number of rotatable bonds is 6. The standard InChI is InChI=1S/C24H26N6O/c1-2-17-10-11-21-19(14-17)15-20(24(31)25-21)22(29-12-6-7-13-29)23-26-27-28-30(23)16-18-8-4-3-5-9-18/h3-5,8-11,14-15,22H,2,6-7,12-13,16H2,1H3,(H,25,31)/t22-/m1/s1. The van der Waals surface area contributed by atoms with Gasteiger partial charge in [-0.3, -0.25) is 9.69 Å². The molecule has 31 heavy (non-hydrogen) atoms. The van der Waals surface area contributed by atoms with Crippen LogP contribution in [0.2, 0.25) is 0 Å². The third-order valence-corrected chi connectivity index (χ3v) is 6.13. The summed E-state index contributed by atoms with van der Waals surface area (Å²) in [5.74, 6) is 0.710. The fourth-order valence-electron chi connectivity index (χ4n) is 4.47. The number of nitrogens with zero attached hydrogens (tertiary/aromatic N) is 5. The van der Waals surface area contributed by atoms with Gasteiger partial charge in [-0.05, 0) is 77.5 Å². The molecule has 0 spiro atoms. The lowest BCUT2D eigenvalue weighted by atomic mass is 10.0. The molecular weight excluding hydrogens is 388 g/mol. The zero-order valence-electron chi connectivity index (χ0n) is 17.7. The lowest BCUT2D eigenvalue weighted by Crippen LogP contribution is -2.33. The Morgan fingerprint density at radius 3 is 2.61 bits per heavy atom. The van der Waals surface area contributed by atoms with Crippen LogP contribution in [0.5, 0.6) is 0 Å². The number of benzene rings is 2. The molecule has 2 aromatic heterocycles. The van der Waals surface area contributed by atoms with Crippen LogP contribution < -0.4 is 5.56 Å². The molecule has 2 aromatic carbocycles. The van der Waals surface area contributed by atoms with Crippen LogP contribution in [0.3, 0.4) is 0 Å². The first kappa shape index (κ1) is 19.6. The number of H-pyrrole nitrogens is 1. The summed E-state index contributed by atoms with van der Waals surface area (Å²) in [6.45, 7) is 4.56. The second-order valence-electron chi connectivity index (χ2n) is 8.15. The summed E-state index contributed by atoms with van der Waals surface area (Å²) in [6, 6.07) is 18.1. The normalized spacial score (nSPS) is 15.5. The number of fused-ring (bicyclic) bond motifs is 1. The highest BCUT2D eigenvalue weighted by Gasteiger charge is 2.32. The molecule has 0 saturated carbocycles. The van der Waals surface area contributed by atoms with Gasteiger partial charge in [-0.2, -0.15) is 0 Å². The van der Waals surface area contributed by atoms with Crippen molar-refractivity contribution in [2.75, 3.05) is 13.1 Å². The average molecular weight is 415 g/mol. The predicted molar refractivity (Wildman–Crippen MR) is 120 cm³/mol. The third-order valence-electron chi connectivity index (χ3n) is 6.13. The van der Waals surface area contributed by atoms with Crippen molar-refractivity contribution in [3.8, 4) is 0 Å². The monoisotopic (exact) mass is 414 g/mol. The number of hydrogen-bond donors (Lipinski definition) is 1. The molecule has 1 aliphatic rings. The first-order valence-corrected chi connectivity index (χ1v) is 10.9. The van der Waals surface area contributed by atoms with Crippen molar-refractivity contribution < 1.29 is 0 Å².